The molecule has 3 aromatic rings. The van der Waals surface area contributed by atoms with Crippen LogP contribution in [0.2, 0.25) is 0 Å². The predicted molar refractivity (Wildman–Crippen MR) is 69.6 cm³/mol. The summed E-state index contributed by atoms with van der Waals surface area (Å²) in [6.45, 7) is 0.752. The number of halogens is 1. The van der Waals surface area contributed by atoms with Crippen molar-refractivity contribution < 1.29 is 8.96 Å². The molecule has 0 saturated carbocycles. The first-order valence-corrected chi connectivity index (χ1v) is 5.95. The Kier molecular flexibility index (Phi) is 2.77. The molecule has 3 rings (SSSR count). The normalized spacial score (nSPS) is 10.7. The minimum atomic E-state index is -0.171. The Bertz CT molecular complexity index is 677. The molecule has 0 bridgehead atoms. The summed E-state index contributed by atoms with van der Waals surface area (Å²) >= 11 is 0. The van der Waals surface area contributed by atoms with Crippen molar-refractivity contribution in [3.8, 4) is 0 Å². The first kappa shape index (κ1) is 10.9. The van der Waals surface area contributed by atoms with Crippen molar-refractivity contribution in [3.63, 3.8) is 0 Å². The SMILES string of the molecule is Fc1cc[n+](Cc2ccccc2)c2ccccc12. The summed E-state index contributed by atoms with van der Waals surface area (Å²) in [4.78, 5) is 0. The third-order valence-electron chi connectivity index (χ3n) is 3.07. The first-order chi connectivity index (χ1) is 8.84. The molecule has 18 heavy (non-hydrogen) atoms. The van der Waals surface area contributed by atoms with Crippen LogP contribution in [0.4, 0.5) is 4.39 Å². The van der Waals surface area contributed by atoms with E-state index in [4.69, 9.17) is 0 Å². The van der Waals surface area contributed by atoms with E-state index in [-0.39, 0.29) is 5.82 Å². The summed E-state index contributed by atoms with van der Waals surface area (Å²) in [5.41, 5.74) is 2.13. The van der Waals surface area contributed by atoms with Crippen LogP contribution in [0, 0.1) is 5.82 Å². The van der Waals surface area contributed by atoms with Crippen LogP contribution in [0.15, 0.2) is 66.9 Å². The van der Waals surface area contributed by atoms with Gasteiger partial charge in [-0.1, -0.05) is 42.5 Å². The minimum absolute atomic E-state index is 0.171. The third-order valence-corrected chi connectivity index (χ3v) is 3.07. The highest BCUT2D eigenvalue weighted by Gasteiger charge is 2.12. The summed E-state index contributed by atoms with van der Waals surface area (Å²) in [6.07, 6.45) is 1.80. The standard InChI is InChI=1S/C16H13FN/c17-15-10-11-18(12-13-6-2-1-3-7-13)16-9-5-4-8-14(15)16/h1-11H,12H2/q+1. The molecular formula is C16H13FN+. The van der Waals surface area contributed by atoms with Crippen molar-refractivity contribution in [2.24, 2.45) is 0 Å². The number of rotatable bonds is 2. The largest absolute Gasteiger partial charge is 0.215 e. The molecule has 1 aromatic heterocycles. The van der Waals surface area contributed by atoms with Crippen molar-refractivity contribution >= 4 is 10.9 Å². The van der Waals surface area contributed by atoms with E-state index in [0.717, 1.165) is 12.1 Å². The molecule has 0 amide bonds. The fraction of sp³-hybridized carbons (Fsp3) is 0.0625. The molecule has 0 fully saturated rings. The smallest absolute Gasteiger partial charge is 0.206 e. The van der Waals surface area contributed by atoms with Gasteiger partial charge in [-0.05, 0) is 6.07 Å². The van der Waals surface area contributed by atoms with E-state index in [9.17, 15) is 4.39 Å². The molecule has 0 aliphatic rings. The van der Waals surface area contributed by atoms with Gasteiger partial charge in [0.15, 0.2) is 12.7 Å². The first-order valence-electron chi connectivity index (χ1n) is 5.95. The van der Waals surface area contributed by atoms with Gasteiger partial charge in [0, 0.05) is 17.7 Å². The number of hydrogen-bond donors (Lipinski definition) is 0. The number of hydrogen-bond acceptors (Lipinski definition) is 0. The van der Waals surface area contributed by atoms with E-state index < -0.39 is 0 Å². The van der Waals surface area contributed by atoms with E-state index in [1.165, 1.54) is 11.6 Å². The van der Waals surface area contributed by atoms with Crippen LogP contribution in [0.1, 0.15) is 5.56 Å². The zero-order chi connectivity index (χ0) is 12.4. The fourth-order valence-electron chi connectivity index (χ4n) is 2.17. The number of pyridine rings is 1. The van der Waals surface area contributed by atoms with Gasteiger partial charge in [0.05, 0.1) is 5.39 Å². The highest BCUT2D eigenvalue weighted by atomic mass is 19.1. The van der Waals surface area contributed by atoms with Gasteiger partial charge in [0.25, 0.3) is 0 Å². The van der Waals surface area contributed by atoms with E-state index >= 15 is 0 Å². The maximum absolute atomic E-state index is 13.7. The van der Waals surface area contributed by atoms with E-state index in [0.29, 0.717) is 5.39 Å². The van der Waals surface area contributed by atoms with Crippen LogP contribution < -0.4 is 4.57 Å². The van der Waals surface area contributed by atoms with Crippen LogP contribution in [-0.4, -0.2) is 0 Å². The Morgan fingerprint density at radius 3 is 2.39 bits per heavy atom. The Balaban J connectivity index is 2.10. The summed E-state index contributed by atoms with van der Waals surface area (Å²) in [6, 6.07) is 19.2. The summed E-state index contributed by atoms with van der Waals surface area (Å²) < 4.78 is 15.8. The van der Waals surface area contributed by atoms with Crippen molar-refractivity contribution in [2.75, 3.05) is 0 Å². The molecule has 88 valence electrons. The molecule has 0 spiro atoms. The van der Waals surface area contributed by atoms with Gasteiger partial charge < -0.3 is 0 Å². The monoisotopic (exact) mass is 238 g/mol. The number of fused-ring (bicyclic) bond motifs is 1. The second-order valence-corrected chi connectivity index (χ2v) is 4.29. The molecule has 1 heterocycles. The van der Waals surface area contributed by atoms with Crippen LogP contribution >= 0.6 is 0 Å². The highest BCUT2D eigenvalue weighted by molar-refractivity contribution is 5.75. The van der Waals surface area contributed by atoms with Crippen LogP contribution in [0.3, 0.4) is 0 Å². The topological polar surface area (TPSA) is 3.88 Å². The molecule has 0 saturated heterocycles. The zero-order valence-corrected chi connectivity index (χ0v) is 9.88. The quantitative estimate of drug-likeness (QED) is 0.603. The molecule has 0 atom stereocenters. The van der Waals surface area contributed by atoms with Gasteiger partial charge in [-0.15, -0.1) is 0 Å². The van der Waals surface area contributed by atoms with Gasteiger partial charge >= 0.3 is 0 Å². The molecule has 2 aromatic carbocycles. The van der Waals surface area contributed by atoms with E-state index in [1.807, 2.05) is 42.5 Å². The third kappa shape index (κ3) is 1.97. The summed E-state index contributed by atoms with van der Waals surface area (Å²) in [5, 5.41) is 0.663. The number of para-hydroxylation sites is 1. The molecule has 1 nitrogen and oxygen atoms in total. The summed E-state index contributed by atoms with van der Waals surface area (Å²) in [7, 11) is 0. The van der Waals surface area contributed by atoms with Crippen LogP contribution in [-0.2, 0) is 6.54 Å². The Morgan fingerprint density at radius 1 is 0.833 bits per heavy atom. The van der Waals surface area contributed by atoms with Gasteiger partial charge in [-0.3, -0.25) is 0 Å². The average Bonchev–Trinajstić information content (AvgIpc) is 2.44. The van der Waals surface area contributed by atoms with Gasteiger partial charge in [0.2, 0.25) is 5.52 Å². The Hall–Kier alpha value is -2.22. The second-order valence-electron chi connectivity index (χ2n) is 4.29. The molecule has 0 N–H and O–H groups in total. The predicted octanol–water partition coefficient (Wildman–Crippen LogP) is 3.31. The molecule has 0 radical (unpaired) electrons. The van der Waals surface area contributed by atoms with E-state index in [2.05, 4.69) is 16.7 Å². The molecule has 0 aliphatic carbocycles. The highest BCUT2D eigenvalue weighted by Crippen LogP contribution is 2.13. The van der Waals surface area contributed by atoms with Crippen molar-refractivity contribution in [1.82, 2.24) is 0 Å². The summed E-state index contributed by atoms with van der Waals surface area (Å²) in [5.74, 6) is -0.171. The van der Waals surface area contributed by atoms with E-state index in [1.54, 1.807) is 6.20 Å². The molecule has 2 heteroatoms. The lowest BCUT2D eigenvalue weighted by molar-refractivity contribution is -0.662. The fourth-order valence-corrected chi connectivity index (χ4v) is 2.17. The maximum atomic E-state index is 13.7. The number of benzene rings is 2. The lowest BCUT2D eigenvalue weighted by atomic mass is 10.2. The zero-order valence-electron chi connectivity index (χ0n) is 9.88. The second kappa shape index (κ2) is 4.57. The Labute approximate surface area is 105 Å². The number of nitrogens with zero attached hydrogens (tertiary/aromatic N) is 1. The molecule has 0 aliphatic heterocycles. The molecule has 0 unspecified atom stereocenters. The van der Waals surface area contributed by atoms with Crippen LogP contribution in [0.5, 0.6) is 0 Å². The minimum Gasteiger partial charge on any atom is -0.206 e. The van der Waals surface area contributed by atoms with Crippen LogP contribution in [0.25, 0.3) is 10.9 Å². The molecular weight excluding hydrogens is 225 g/mol. The van der Waals surface area contributed by atoms with Crippen molar-refractivity contribution in [2.45, 2.75) is 6.54 Å². The average molecular weight is 238 g/mol. The van der Waals surface area contributed by atoms with Crippen molar-refractivity contribution in [1.29, 1.82) is 0 Å². The lowest BCUT2D eigenvalue weighted by Crippen LogP contribution is -2.34. The number of aromatic nitrogens is 1. The Morgan fingerprint density at radius 2 is 1.56 bits per heavy atom. The van der Waals surface area contributed by atoms with Crippen molar-refractivity contribution in [3.05, 3.63) is 78.2 Å². The maximum Gasteiger partial charge on any atom is 0.215 e. The van der Waals surface area contributed by atoms with Gasteiger partial charge in [0.1, 0.15) is 5.82 Å². The van der Waals surface area contributed by atoms with Gasteiger partial charge in [-0.2, -0.15) is 4.57 Å². The lowest BCUT2D eigenvalue weighted by Gasteiger charge is -2.02. The van der Waals surface area contributed by atoms with Gasteiger partial charge in [-0.25, -0.2) is 4.39 Å².